The fourth-order valence-corrected chi connectivity index (χ4v) is 3.43. The van der Waals surface area contributed by atoms with Crippen LogP contribution in [0.5, 0.6) is 5.75 Å². The maximum Gasteiger partial charge on any atom is 0.277 e. The Morgan fingerprint density at radius 2 is 1.97 bits per heavy atom. The molecule has 0 radical (unpaired) electrons. The van der Waals surface area contributed by atoms with Gasteiger partial charge >= 0.3 is 0 Å². The van der Waals surface area contributed by atoms with Gasteiger partial charge in [0.1, 0.15) is 5.75 Å². The van der Waals surface area contributed by atoms with Crippen molar-refractivity contribution in [3.05, 3.63) is 83.7 Å². The molecule has 2 aromatic heterocycles. The van der Waals surface area contributed by atoms with Gasteiger partial charge in [0.15, 0.2) is 6.61 Å². The van der Waals surface area contributed by atoms with Crippen LogP contribution in [0.25, 0.3) is 22.2 Å². The molecule has 2 heterocycles. The smallest absolute Gasteiger partial charge is 0.277 e. The molecule has 0 bridgehead atoms. The highest BCUT2D eigenvalue weighted by Gasteiger charge is 2.10. The summed E-state index contributed by atoms with van der Waals surface area (Å²) >= 11 is 0. The lowest BCUT2D eigenvalue weighted by molar-refractivity contribution is -0.123. The van der Waals surface area contributed by atoms with E-state index in [2.05, 4.69) is 20.5 Å². The maximum atomic E-state index is 12.2. The zero-order chi connectivity index (χ0) is 20.9. The molecular weight excluding hydrogens is 376 g/mol. The number of rotatable bonds is 6. The van der Waals surface area contributed by atoms with Crippen LogP contribution < -0.4 is 10.2 Å². The zero-order valence-corrected chi connectivity index (χ0v) is 16.8. The lowest BCUT2D eigenvalue weighted by atomic mass is 10.0. The van der Waals surface area contributed by atoms with Gasteiger partial charge in [0.05, 0.1) is 11.9 Å². The summed E-state index contributed by atoms with van der Waals surface area (Å²) in [5.41, 5.74) is 8.29. The summed E-state index contributed by atoms with van der Waals surface area (Å²) in [5, 5.41) is 5.10. The Morgan fingerprint density at radius 3 is 2.73 bits per heavy atom. The van der Waals surface area contributed by atoms with Crippen molar-refractivity contribution in [2.45, 2.75) is 13.8 Å². The minimum atomic E-state index is -0.319. The summed E-state index contributed by atoms with van der Waals surface area (Å²) < 4.78 is 5.77. The van der Waals surface area contributed by atoms with Crippen molar-refractivity contribution >= 4 is 23.0 Å². The van der Waals surface area contributed by atoms with Crippen LogP contribution in [0.2, 0.25) is 0 Å². The number of nitrogens with zero attached hydrogens (tertiary/aromatic N) is 2. The minimum Gasteiger partial charge on any atom is -0.483 e. The molecule has 0 aliphatic rings. The zero-order valence-electron chi connectivity index (χ0n) is 16.8. The summed E-state index contributed by atoms with van der Waals surface area (Å²) in [7, 11) is 0. The van der Waals surface area contributed by atoms with Crippen LogP contribution >= 0.6 is 0 Å². The van der Waals surface area contributed by atoms with Gasteiger partial charge in [-0.15, -0.1) is 0 Å². The van der Waals surface area contributed by atoms with E-state index in [1.807, 2.05) is 74.6 Å². The van der Waals surface area contributed by atoms with E-state index < -0.39 is 0 Å². The van der Waals surface area contributed by atoms with Crippen molar-refractivity contribution < 1.29 is 9.53 Å². The van der Waals surface area contributed by atoms with Gasteiger partial charge in [-0.3, -0.25) is 9.78 Å². The lowest BCUT2D eigenvalue weighted by Crippen LogP contribution is -2.25. The van der Waals surface area contributed by atoms with Gasteiger partial charge in [-0.05, 0) is 61.4 Å². The van der Waals surface area contributed by atoms with E-state index in [9.17, 15) is 4.79 Å². The van der Waals surface area contributed by atoms with E-state index in [-0.39, 0.29) is 12.5 Å². The van der Waals surface area contributed by atoms with Crippen molar-refractivity contribution in [3.63, 3.8) is 0 Å². The molecule has 2 N–H and O–H groups in total. The van der Waals surface area contributed by atoms with Crippen molar-refractivity contribution in [1.82, 2.24) is 15.4 Å². The van der Waals surface area contributed by atoms with E-state index in [1.54, 1.807) is 12.4 Å². The second-order valence-electron chi connectivity index (χ2n) is 7.02. The standard InChI is InChI=1S/C24H22N4O2/c1-16-12-19(21-7-3-4-10-25-21)13-17(2)24(16)30-15-23(29)28-27-14-18-6-5-8-22-20(18)9-11-26-22/h3-14,26H,15H2,1-2H3,(H,28,29). The van der Waals surface area contributed by atoms with Gasteiger partial charge in [-0.25, -0.2) is 5.43 Å². The number of pyridine rings is 1. The molecular formula is C24H22N4O2. The number of aryl methyl sites for hydroxylation is 2. The van der Waals surface area contributed by atoms with Crippen molar-refractivity contribution in [3.8, 4) is 17.0 Å². The Bertz CT molecular complexity index is 1190. The van der Waals surface area contributed by atoms with Crippen LogP contribution in [-0.2, 0) is 4.79 Å². The van der Waals surface area contributed by atoms with Gasteiger partial charge in [-0.1, -0.05) is 18.2 Å². The molecule has 150 valence electrons. The van der Waals surface area contributed by atoms with Gasteiger partial charge < -0.3 is 9.72 Å². The summed E-state index contributed by atoms with van der Waals surface area (Å²) in [4.78, 5) is 19.7. The Labute approximate surface area is 174 Å². The molecule has 4 rings (SSSR count). The molecule has 4 aromatic rings. The second-order valence-corrected chi connectivity index (χ2v) is 7.02. The van der Waals surface area contributed by atoms with E-state index in [1.165, 1.54) is 0 Å². The first-order valence-corrected chi connectivity index (χ1v) is 9.65. The third-order valence-electron chi connectivity index (χ3n) is 4.79. The first-order chi connectivity index (χ1) is 14.6. The SMILES string of the molecule is Cc1cc(-c2ccccn2)cc(C)c1OCC(=O)NN=Cc1cccc2[nH]ccc12. The number of fused-ring (bicyclic) bond motifs is 1. The predicted octanol–water partition coefficient (Wildman–Crippen LogP) is 4.38. The molecule has 0 fully saturated rings. The average molecular weight is 398 g/mol. The molecule has 0 saturated carbocycles. The van der Waals surface area contributed by atoms with Gasteiger partial charge in [0.2, 0.25) is 0 Å². The number of hydrogen-bond acceptors (Lipinski definition) is 4. The number of H-pyrrole nitrogens is 1. The van der Waals surface area contributed by atoms with Crippen LogP contribution in [0.4, 0.5) is 0 Å². The molecule has 0 saturated heterocycles. The number of carbonyl (C=O) groups excluding carboxylic acids is 1. The van der Waals surface area contributed by atoms with E-state index in [0.29, 0.717) is 5.75 Å². The third-order valence-corrected chi connectivity index (χ3v) is 4.79. The molecule has 30 heavy (non-hydrogen) atoms. The molecule has 6 heteroatoms. The van der Waals surface area contributed by atoms with E-state index in [0.717, 1.165) is 38.9 Å². The Morgan fingerprint density at radius 1 is 1.13 bits per heavy atom. The van der Waals surface area contributed by atoms with E-state index in [4.69, 9.17) is 4.74 Å². The number of ether oxygens (including phenoxy) is 1. The molecule has 0 aliphatic carbocycles. The molecule has 0 atom stereocenters. The quantitative estimate of drug-likeness (QED) is 0.374. The van der Waals surface area contributed by atoms with Crippen molar-refractivity contribution in [2.24, 2.45) is 5.10 Å². The number of hydrogen-bond donors (Lipinski definition) is 2. The first-order valence-electron chi connectivity index (χ1n) is 9.65. The average Bonchev–Trinajstić information content (AvgIpc) is 3.23. The largest absolute Gasteiger partial charge is 0.483 e. The van der Waals surface area contributed by atoms with Crippen LogP contribution in [-0.4, -0.2) is 28.7 Å². The fraction of sp³-hybridized carbons (Fsp3) is 0.125. The monoisotopic (exact) mass is 398 g/mol. The maximum absolute atomic E-state index is 12.2. The normalized spacial score (nSPS) is 11.1. The summed E-state index contributed by atoms with van der Waals surface area (Å²) in [6.07, 6.45) is 5.27. The molecule has 6 nitrogen and oxygen atoms in total. The fourth-order valence-electron chi connectivity index (χ4n) is 3.43. The van der Waals surface area contributed by atoms with Gasteiger partial charge in [0, 0.05) is 34.4 Å². The van der Waals surface area contributed by atoms with Gasteiger partial charge in [-0.2, -0.15) is 5.10 Å². The topological polar surface area (TPSA) is 79.4 Å². The van der Waals surface area contributed by atoms with Crippen molar-refractivity contribution in [2.75, 3.05) is 6.61 Å². The first kappa shape index (κ1) is 19.4. The van der Waals surface area contributed by atoms with Gasteiger partial charge in [0.25, 0.3) is 5.91 Å². The molecule has 0 aliphatic heterocycles. The van der Waals surface area contributed by atoms with Crippen LogP contribution in [0.3, 0.4) is 0 Å². The van der Waals surface area contributed by atoms with E-state index >= 15 is 0 Å². The number of carbonyl (C=O) groups is 1. The van der Waals surface area contributed by atoms with Crippen LogP contribution in [0.15, 0.2) is 72.1 Å². The number of nitrogens with one attached hydrogen (secondary N) is 2. The number of aromatic nitrogens is 2. The summed E-state index contributed by atoms with van der Waals surface area (Å²) in [6.45, 7) is 3.81. The number of amides is 1. The molecule has 1 amide bonds. The third kappa shape index (κ3) is 4.22. The molecule has 0 unspecified atom stereocenters. The van der Waals surface area contributed by atoms with Crippen LogP contribution in [0.1, 0.15) is 16.7 Å². The second kappa shape index (κ2) is 8.61. The highest BCUT2D eigenvalue weighted by Crippen LogP contribution is 2.29. The summed E-state index contributed by atoms with van der Waals surface area (Å²) in [6, 6.07) is 17.7. The Kier molecular flexibility index (Phi) is 5.57. The highest BCUT2D eigenvalue weighted by molar-refractivity contribution is 5.98. The Balaban J connectivity index is 1.38. The lowest BCUT2D eigenvalue weighted by Gasteiger charge is -2.13. The minimum absolute atomic E-state index is 0.115. The molecule has 0 spiro atoms. The van der Waals surface area contributed by atoms with Crippen molar-refractivity contribution in [1.29, 1.82) is 0 Å². The van der Waals surface area contributed by atoms with Crippen LogP contribution in [0, 0.1) is 13.8 Å². The predicted molar refractivity (Wildman–Crippen MR) is 119 cm³/mol. The summed E-state index contributed by atoms with van der Waals surface area (Å²) in [5.74, 6) is 0.381. The Hall–Kier alpha value is -3.93. The number of hydrazone groups is 1. The number of benzene rings is 2. The molecule has 2 aromatic carbocycles. The highest BCUT2D eigenvalue weighted by atomic mass is 16.5. The number of aromatic amines is 1.